The predicted molar refractivity (Wildman–Crippen MR) is 57.0 cm³/mol. The Kier molecular flexibility index (Phi) is 3.58. The minimum Gasteiger partial charge on any atom is -0.591 e. The van der Waals surface area contributed by atoms with Gasteiger partial charge in [-0.15, -0.1) is 0 Å². The molecule has 1 atom stereocenters. The van der Waals surface area contributed by atoms with Gasteiger partial charge in [-0.25, -0.2) is 4.98 Å². The van der Waals surface area contributed by atoms with Gasteiger partial charge in [0.25, 0.3) is 5.35 Å². The van der Waals surface area contributed by atoms with Gasteiger partial charge in [0, 0.05) is 0 Å². The van der Waals surface area contributed by atoms with Gasteiger partial charge in [-0.1, -0.05) is 4.40 Å². The highest BCUT2D eigenvalue weighted by molar-refractivity contribution is 7.91. The number of rotatable bonds is 2. The van der Waals surface area contributed by atoms with E-state index in [4.69, 9.17) is 16.0 Å². The summed E-state index contributed by atoms with van der Waals surface area (Å²) >= 11 is 4.16. The van der Waals surface area contributed by atoms with Gasteiger partial charge in [0.1, 0.15) is 22.3 Å². The first-order valence-corrected chi connectivity index (χ1v) is 5.45. The third-order valence-corrected chi connectivity index (χ3v) is 2.81. The van der Waals surface area contributed by atoms with Crippen LogP contribution in [0.3, 0.4) is 0 Å². The van der Waals surface area contributed by atoms with E-state index in [0.29, 0.717) is 5.76 Å². The van der Waals surface area contributed by atoms with E-state index in [9.17, 15) is 4.55 Å². The smallest absolute Gasteiger partial charge is 0.292 e. The molecule has 0 N–H and O–H groups in total. The molecule has 0 spiro atoms. The summed E-state index contributed by atoms with van der Waals surface area (Å²) in [6.45, 7) is 5.52. The second-order valence-electron chi connectivity index (χ2n) is 3.61. The molecule has 0 saturated carbocycles. The number of nitrogens with zero attached hydrogens (tertiary/aromatic N) is 2. The topological polar surface area (TPSA) is 61.5 Å². The molecule has 0 aliphatic rings. The third kappa shape index (κ3) is 3.32. The molecular formula is C8H11ClN2O2S. The van der Waals surface area contributed by atoms with Crippen molar-refractivity contribution >= 4 is 29.2 Å². The van der Waals surface area contributed by atoms with Crippen molar-refractivity contribution in [1.82, 2.24) is 4.98 Å². The largest absolute Gasteiger partial charge is 0.591 e. The lowest BCUT2D eigenvalue weighted by Gasteiger charge is -2.17. The monoisotopic (exact) mass is 234 g/mol. The van der Waals surface area contributed by atoms with E-state index in [1.165, 1.54) is 12.4 Å². The maximum Gasteiger partial charge on any atom is 0.292 e. The maximum absolute atomic E-state index is 11.5. The van der Waals surface area contributed by atoms with Crippen molar-refractivity contribution in [1.29, 1.82) is 0 Å². The van der Waals surface area contributed by atoms with Crippen LogP contribution in [0.1, 0.15) is 26.5 Å². The zero-order valence-electron chi connectivity index (χ0n) is 8.15. The quantitative estimate of drug-likeness (QED) is 0.582. The summed E-state index contributed by atoms with van der Waals surface area (Å²) in [4.78, 5) is 3.67. The van der Waals surface area contributed by atoms with Crippen LogP contribution in [0.5, 0.6) is 0 Å². The van der Waals surface area contributed by atoms with Crippen molar-refractivity contribution in [3.05, 3.63) is 17.3 Å². The first-order chi connectivity index (χ1) is 6.39. The highest BCUT2D eigenvalue weighted by atomic mass is 35.5. The number of aromatic nitrogens is 1. The van der Waals surface area contributed by atoms with Crippen LogP contribution in [-0.4, -0.2) is 20.5 Å². The van der Waals surface area contributed by atoms with Gasteiger partial charge in [0.15, 0.2) is 5.76 Å². The summed E-state index contributed by atoms with van der Waals surface area (Å²) in [6.07, 6.45) is 2.78. The summed E-state index contributed by atoms with van der Waals surface area (Å²) in [7, 11) is 0. The predicted octanol–water partition coefficient (Wildman–Crippen LogP) is 2.21. The van der Waals surface area contributed by atoms with E-state index in [-0.39, 0.29) is 10.1 Å². The van der Waals surface area contributed by atoms with E-state index in [1.807, 2.05) is 20.8 Å². The first-order valence-electron chi connectivity index (χ1n) is 3.97. The zero-order valence-corrected chi connectivity index (χ0v) is 9.72. The summed E-state index contributed by atoms with van der Waals surface area (Å²) in [5, 5.41) is 0.0491. The van der Waals surface area contributed by atoms with Gasteiger partial charge >= 0.3 is 0 Å². The highest BCUT2D eigenvalue weighted by Gasteiger charge is 2.25. The van der Waals surface area contributed by atoms with Gasteiger partial charge in [-0.3, -0.25) is 0 Å². The Morgan fingerprint density at radius 2 is 2.29 bits per heavy atom. The molecule has 14 heavy (non-hydrogen) atoms. The summed E-state index contributed by atoms with van der Waals surface area (Å²) in [5.41, 5.74) is 0. The maximum atomic E-state index is 11.5. The summed E-state index contributed by atoms with van der Waals surface area (Å²) < 4.78 is 19.8. The molecule has 1 aromatic rings. The van der Waals surface area contributed by atoms with Crippen LogP contribution < -0.4 is 0 Å². The minimum atomic E-state index is -1.29. The fraction of sp³-hybridized carbons (Fsp3) is 0.500. The molecule has 1 rings (SSSR count). The molecule has 0 aromatic carbocycles. The first kappa shape index (κ1) is 11.6. The average molecular weight is 235 g/mol. The van der Waals surface area contributed by atoms with Crippen molar-refractivity contribution in [2.75, 3.05) is 0 Å². The van der Waals surface area contributed by atoms with Crippen LogP contribution in [0, 0.1) is 0 Å². The minimum absolute atomic E-state index is 0.0491. The molecule has 0 saturated heterocycles. The van der Waals surface area contributed by atoms with Gasteiger partial charge in [0.2, 0.25) is 0 Å². The second-order valence-corrected chi connectivity index (χ2v) is 5.87. The van der Waals surface area contributed by atoms with Crippen LogP contribution in [0.2, 0.25) is 5.35 Å². The normalized spacial score (nSPS) is 14.9. The van der Waals surface area contributed by atoms with E-state index in [0.717, 1.165) is 0 Å². The number of oxazole rings is 1. The van der Waals surface area contributed by atoms with Crippen LogP contribution >= 0.6 is 11.6 Å². The summed E-state index contributed by atoms with van der Waals surface area (Å²) in [5.74, 6) is 0.396. The number of halogens is 1. The van der Waals surface area contributed by atoms with Gasteiger partial charge in [-0.2, -0.15) is 0 Å². The summed E-state index contributed by atoms with van der Waals surface area (Å²) in [6, 6.07) is 0. The van der Waals surface area contributed by atoms with Crippen molar-refractivity contribution in [3.63, 3.8) is 0 Å². The lowest BCUT2D eigenvalue weighted by atomic mass is 10.3. The van der Waals surface area contributed by atoms with Crippen molar-refractivity contribution in [3.8, 4) is 0 Å². The fourth-order valence-corrected chi connectivity index (χ4v) is 1.24. The van der Waals surface area contributed by atoms with Crippen molar-refractivity contribution < 1.29 is 8.97 Å². The molecule has 0 fully saturated rings. The standard InChI is InChI=1S/C8H11ClN2O2S/c1-8(2,3)14(12)11-5-6-4-10-7(9)13-6/h4-5H,1-3H3/b11-5+. The lowest BCUT2D eigenvalue weighted by Crippen LogP contribution is -2.25. The van der Waals surface area contributed by atoms with E-state index in [2.05, 4.69) is 9.38 Å². The molecule has 6 heteroatoms. The fourth-order valence-electron chi connectivity index (χ4n) is 0.582. The van der Waals surface area contributed by atoms with E-state index in [1.54, 1.807) is 0 Å². The SMILES string of the molecule is CC(C)(C)[S+]([O-])/N=C/c1cnc(Cl)o1. The third-order valence-electron chi connectivity index (χ3n) is 1.29. The molecular weight excluding hydrogens is 224 g/mol. The zero-order chi connectivity index (χ0) is 10.8. The molecule has 1 aromatic heterocycles. The molecule has 0 amide bonds. The Bertz CT molecular complexity index is 332. The molecule has 0 aliphatic heterocycles. The Morgan fingerprint density at radius 3 is 2.71 bits per heavy atom. The molecule has 0 radical (unpaired) electrons. The Hall–Kier alpha value is -0.520. The molecule has 4 nitrogen and oxygen atoms in total. The van der Waals surface area contributed by atoms with E-state index < -0.39 is 11.4 Å². The second kappa shape index (κ2) is 4.33. The van der Waals surface area contributed by atoms with Gasteiger partial charge < -0.3 is 8.97 Å². The van der Waals surface area contributed by atoms with Gasteiger partial charge in [-0.05, 0) is 32.4 Å². The average Bonchev–Trinajstić information content (AvgIpc) is 2.45. The molecule has 1 heterocycles. The van der Waals surface area contributed by atoms with Crippen LogP contribution in [0.4, 0.5) is 0 Å². The van der Waals surface area contributed by atoms with Crippen LogP contribution in [0.15, 0.2) is 15.0 Å². The molecule has 0 aliphatic carbocycles. The molecule has 1 unspecified atom stereocenters. The molecule has 78 valence electrons. The number of hydrogen-bond acceptors (Lipinski definition) is 4. The van der Waals surface area contributed by atoms with Crippen LogP contribution in [0.25, 0.3) is 0 Å². The Morgan fingerprint density at radius 1 is 1.64 bits per heavy atom. The van der Waals surface area contributed by atoms with Crippen molar-refractivity contribution in [2.45, 2.75) is 25.5 Å². The Labute approximate surface area is 90.7 Å². The number of hydrogen-bond donors (Lipinski definition) is 0. The lowest BCUT2D eigenvalue weighted by molar-refractivity contribution is 0.551. The van der Waals surface area contributed by atoms with E-state index >= 15 is 0 Å². The van der Waals surface area contributed by atoms with Crippen molar-refractivity contribution in [2.24, 2.45) is 4.40 Å². The Balaban J connectivity index is 2.65. The van der Waals surface area contributed by atoms with Gasteiger partial charge in [0.05, 0.1) is 6.20 Å². The van der Waals surface area contributed by atoms with Crippen LogP contribution in [-0.2, 0) is 11.4 Å². The molecule has 0 bridgehead atoms. The highest BCUT2D eigenvalue weighted by Crippen LogP contribution is 2.17.